The number of rotatable bonds is 6. The Balaban J connectivity index is 0.00000484. The number of nitrogens with two attached hydrogens (primary N) is 1. The lowest BCUT2D eigenvalue weighted by Gasteiger charge is -2.32. The van der Waals surface area contributed by atoms with Crippen LogP contribution in [0.4, 0.5) is 4.79 Å². The third-order valence-electron chi connectivity index (χ3n) is 4.23. The van der Waals surface area contributed by atoms with Crippen molar-refractivity contribution in [2.45, 2.75) is 58.1 Å². The van der Waals surface area contributed by atoms with Crippen molar-refractivity contribution >= 4 is 36.0 Å². The summed E-state index contributed by atoms with van der Waals surface area (Å²) >= 11 is 0. The molecule has 1 amide bonds. The van der Waals surface area contributed by atoms with Crippen molar-refractivity contribution in [1.29, 1.82) is 0 Å². The third-order valence-corrected chi connectivity index (χ3v) is 4.23. The molecule has 0 saturated carbocycles. The molecule has 0 atom stereocenters. The van der Waals surface area contributed by atoms with E-state index in [0.717, 1.165) is 12.8 Å². The van der Waals surface area contributed by atoms with Crippen LogP contribution in [0.15, 0.2) is 4.99 Å². The Labute approximate surface area is 156 Å². The summed E-state index contributed by atoms with van der Waals surface area (Å²) in [5, 5.41) is 13.4. The van der Waals surface area contributed by atoms with Crippen LogP contribution < -0.4 is 11.1 Å². The van der Waals surface area contributed by atoms with Crippen LogP contribution in [0, 0.1) is 0 Å². The lowest BCUT2D eigenvalue weighted by atomic mass is 9.98. The fraction of sp³-hybridized carbons (Fsp3) is 0.867. The first-order valence-corrected chi connectivity index (χ1v) is 8.14. The van der Waals surface area contributed by atoms with Gasteiger partial charge in [-0.1, -0.05) is 13.8 Å². The lowest BCUT2D eigenvalue weighted by Crippen LogP contribution is -2.49. The molecule has 1 aliphatic heterocycles. The first kappa shape index (κ1) is 22.2. The second kappa shape index (κ2) is 10.9. The van der Waals surface area contributed by atoms with Crippen molar-refractivity contribution < 1.29 is 14.6 Å². The summed E-state index contributed by atoms with van der Waals surface area (Å²) in [7, 11) is 0. The van der Waals surface area contributed by atoms with E-state index in [1.165, 1.54) is 0 Å². The van der Waals surface area contributed by atoms with Gasteiger partial charge in [0.05, 0.1) is 18.8 Å². The van der Waals surface area contributed by atoms with Gasteiger partial charge in [-0.3, -0.25) is 4.99 Å². The summed E-state index contributed by atoms with van der Waals surface area (Å²) in [4.78, 5) is 17.6. The molecule has 8 heteroatoms. The van der Waals surface area contributed by atoms with Crippen LogP contribution in [-0.2, 0) is 4.74 Å². The number of guanidine groups is 1. The van der Waals surface area contributed by atoms with E-state index in [1.807, 2.05) is 13.8 Å². The molecule has 0 spiro atoms. The first-order valence-electron chi connectivity index (χ1n) is 8.14. The molecule has 1 fully saturated rings. The Morgan fingerprint density at radius 3 is 2.39 bits per heavy atom. The molecular formula is C15H31IN4O3. The Morgan fingerprint density at radius 2 is 1.91 bits per heavy atom. The van der Waals surface area contributed by atoms with Crippen LogP contribution >= 0.6 is 24.0 Å². The van der Waals surface area contributed by atoms with Gasteiger partial charge in [0.2, 0.25) is 0 Å². The predicted octanol–water partition coefficient (Wildman–Crippen LogP) is 1.68. The van der Waals surface area contributed by atoms with E-state index in [9.17, 15) is 9.90 Å². The molecule has 0 aromatic heterocycles. The third kappa shape index (κ3) is 7.56. The second-order valence-electron chi connectivity index (χ2n) is 5.74. The van der Waals surface area contributed by atoms with E-state index < -0.39 is 5.60 Å². The molecule has 1 aliphatic rings. The highest BCUT2D eigenvalue weighted by molar-refractivity contribution is 14.0. The van der Waals surface area contributed by atoms with Crippen LogP contribution in [-0.4, -0.2) is 59.9 Å². The summed E-state index contributed by atoms with van der Waals surface area (Å²) in [5.74, 6) is 0.356. The molecule has 1 heterocycles. The zero-order valence-corrected chi connectivity index (χ0v) is 16.7. The highest BCUT2D eigenvalue weighted by Gasteiger charge is 2.24. The largest absolute Gasteiger partial charge is 0.450 e. The Morgan fingerprint density at radius 1 is 1.35 bits per heavy atom. The maximum Gasteiger partial charge on any atom is 0.409 e. The number of likely N-dealkylation sites (tertiary alicyclic amines) is 1. The summed E-state index contributed by atoms with van der Waals surface area (Å²) < 4.78 is 4.99. The molecule has 7 nitrogen and oxygen atoms in total. The van der Waals surface area contributed by atoms with Crippen molar-refractivity contribution in [2.24, 2.45) is 10.7 Å². The predicted molar refractivity (Wildman–Crippen MR) is 102 cm³/mol. The van der Waals surface area contributed by atoms with Crippen LogP contribution in [0.2, 0.25) is 0 Å². The molecule has 4 N–H and O–H groups in total. The van der Waals surface area contributed by atoms with Gasteiger partial charge in [0, 0.05) is 19.1 Å². The van der Waals surface area contributed by atoms with Crippen molar-refractivity contribution in [1.82, 2.24) is 10.2 Å². The molecule has 0 radical (unpaired) electrons. The number of piperidine rings is 1. The number of ether oxygens (including phenoxy) is 1. The minimum absolute atomic E-state index is 0. The summed E-state index contributed by atoms with van der Waals surface area (Å²) in [6, 6.07) is 0.200. The van der Waals surface area contributed by atoms with Gasteiger partial charge in [-0.25, -0.2) is 4.79 Å². The standard InChI is InChI=1S/C15H30N4O3.HI/c1-4-15(21,5-2)11-17-13(16)18-12-7-9-19(10-8-12)14(20)22-6-3;/h12,21H,4-11H2,1-3H3,(H3,16,17,18);1H. The summed E-state index contributed by atoms with van der Waals surface area (Å²) in [5.41, 5.74) is 5.11. The molecule has 0 aromatic carbocycles. The molecule has 1 saturated heterocycles. The van der Waals surface area contributed by atoms with Gasteiger partial charge >= 0.3 is 6.09 Å². The zero-order chi connectivity index (χ0) is 16.6. The number of nitrogens with zero attached hydrogens (tertiary/aromatic N) is 2. The Bertz CT molecular complexity index is 381. The maximum atomic E-state index is 11.6. The highest BCUT2D eigenvalue weighted by Crippen LogP contribution is 2.15. The van der Waals surface area contributed by atoms with Crippen LogP contribution in [0.3, 0.4) is 0 Å². The maximum absolute atomic E-state index is 11.6. The monoisotopic (exact) mass is 442 g/mol. The van der Waals surface area contributed by atoms with Crippen molar-refractivity contribution in [3.05, 3.63) is 0 Å². The number of aliphatic hydroxyl groups is 1. The molecule has 23 heavy (non-hydrogen) atoms. The number of carbonyl (C=O) groups excluding carboxylic acids is 1. The second-order valence-corrected chi connectivity index (χ2v) is 5.74. The number of hydrogen-bond donors (Lipinski definition) is 3. The van der Waals surface area contributed by atoms with Gasteiger partial charge in [-0.15, -0.1) is 24.0 Å². The van der Waals surface area contributed by atoms with E-state index in [1.54, 1.807) is 11.8 Å². The molecule has 0 bridgehead atoms. The van der Waals surface area contributed by atoms with Crippen LogP contribution in [0.5, 0.6) is 0 Å². The van der Waals surface area contributed by atoms with E-state index >= 15 is 0 Å². The lowest BCUT2D eigenvalue weighted by molar-refractivity contribution is 0.0418. The van der Waals surface area contributed by atoms with E-state index in [0.29, 0.717) is 45.0 Å². The van der Waals surface area contributed by atoms with Gasteiger partial charge in [-0.2, -0.15) is 0 Å². The molecule has 136 valence electrons. The Hall–Kier alpha value is -0.770. The van der Waals surface area contributed by atoms with Gasteiger partial charge in [0.15, 0.2) is 5.96 Å². The summed E-state index contributed by atoms with van der Waals surface area (Å²) in [6.07, 6.45) is 2.66. The number of halogens is 1. The fourth-order valence-corrected chi connectivity index (χ4v) is 2.38. The smallest absolute Gasteiger partial charge is 0.409 e. The molecule has 1 rings (SSSR count). The topological polar surface area (TPSA) is 100 Å². The van der Waals surface area contributed by atoms with Gasteiger partial charge in [-0.05, 0) is 32.6 Å². The number of hydrogen-bond acceptors (Lipinski definition) is 4. The van der Waals surface area contributed by atoms with Gasteiger partial charge in [0.1, 0.15) is 0 Å². The SMILES string of the molecule is CCOC(=O)N1CCC(NC(N)=NCC(O)(CC)CC)CC1.I. The number of amides is 1. The molecule has 0 unspecified atom stereocenters. The summed E-state index contributed by atoms with van der Waals surface area (Å²) in [6.45, 7) is 7.68. The zero-order valence-electron chi connectivity index (χ0n) is 14.4. The minimum Gasteiger partial charge on any atom is -0.450 e. The van der Waals surface area contributed by atoms with Gasteiger partial charge < -0.3 is 25.8 Å². The average Bonchev–Trinajstić information content (AvgIpc) is 2.53. The number of carbonyl (C=O) groups is 1. The van der Waals surface area contributed by atoms with Crippen LogP contribution in [0.25, 0.3) is 0 Å². The molecular weight excluding hydrogens is 411 g/mol. The van der Waals surface area contributed by atoms with Gasteiger partial charge in [0.25, 0.3) is 0 Å². The minimum atomic E-state index is -0.778. The fourth-order valence-electron chi connectivity index (χ4n) is 2.38. The quantitative estimate of drug-likeness (QED) is 0.330. The highest BCUT2D eigenvalue weighted by atomic mass is 127. The van der Waals surface area contributed by atoms with Crippen LogP contribution in [0.1, 0.15) is 46.5 Å². The van der Waals surface area contributed by atoms with E-state index in [4.69, 9.17) is 10.5 Å². The van der Waals surface area contributed by atoms with E-state index in [-0.39, 0.29) is 36.1 Å². The van der Waals surface area contributed by atoms with Crippen molar-refractivity contribution in [2.75, 3.05) is 26.2 Å². The molecule has 0 aromatic rings. The normalized spacial score (nSPS) is 16.7. The number of nitrogens with one attached hydrogen (secondary N) is 1. The van der Waals surface area contributed by atoms with Crippen molar-refractivity contribution in [3.63, 3.8) is 0 Å². The van der Waals surface area contributed by atoms with E-state index in [2.05, 4.69) is 10.3 Å². The first-order chi connectivity index (χ1) is 10.4. The number of aliphatic imine (C=N–C) groups is 1. The molecule has 0 aliphatic carbocycles. The van der Waals surface area contributed by atoms with Crippen molar-refractivity contribution in [3.8, 4) is 0 Å². The Kier molecular flexibility index (Phi) is 10.5. The average molecular weight is 442 g/mol.